The van der Waals surface area contributed by atoms with E-state index in [1.807, 2.05) is 12.2 Å². The number of ketones is 2. The molecule has 0 spiro atoms. The number of hydrogen-bond donors (Lipinski definition) is 0. The average Bonchev–Trinajstić information content (AvgIpc) is 2.63. The Morgan fingerprint density at radius 2 is 1.63 bits per heavy atom. The molecule has 0 aliphatic heterocycles. The Morgan fingerprint density at radius 3 is 2.16 bits per heavy atom. The predicted molar refractivity (Wildman–Crippen MR) is 76.4 cm³/mol. The molecule has 0 amide bonds. The summed E-state index contributed by atoms with van der Waals surface area (Å²) in [4.78, 5) is 24.2. The SMILES string of the molecule is CC(C)=CC/C=C/CC1C(=O)c2ccccc2C1=O. The number of carbonyl (C=O) groups is 2. The number of fused-ring (bicyclic) bond motifs is 1. The van der Waals surface area contributed by atoms with Crippen LogP contribution in [0.2, 0.25) is 0 Å². The van der Waals surface area contributed by atoms with Crippen molar-refractivity contribution in [2.24, 2.45) is 5.92 Å². The van der Waals surface area contributed by atoms with E-state index in [2.05, 4.69) is 19.9 Å². The summed E-state index contributed by atoms with van der Waals surface area (Å²) in [6.45, 7) is 4.10. The van der Waals surface area contributed by atoms with Crippen LogP contribution in [0.4, 0.5) is 0 Å². The standard InChI is InChI=1S/C17H18O2/c1-12(2)8-4-3-5-11-15-16(18)13-9-6-7-10-14(13)17(15)19/h3,5-10,15H,4,11H2,1-2H3/b5-3+. The normalized spacial score (nSPS) is 15.1. The van der Waals surface area contributed by atoms with Crippen molar-refractivity contribution in [3.05, 3.63) is 59.2 Å². The summed E-state index contributed by atoms with van der Waals surface area (Å²) in [5.74, 6) is -0.583. The molecule has 0 radical (unpaired) electrons. The molecule has 1 aromatic rings. The molecule has 2 rings (SSSR count). The monoisotopic (exact) mass is 254 g/mol. The van der Waals surface area contributed by atoms with E-state index in [-0.39, 0.29) is 11.6 Å². The molecule has 98 valence electrons. The molecule has 0 bridgehead atoms. The highest BCUT2D eigenvalue weighted by atomic mass is 16.2. The topological polar surface area (TPSA) is 34.1 Å². The van der Waals surface area contributed by atoms with E-state index in [9.17, 15) is 9.59 Å². The second-order valence-corrected chi connectivity index (χ2v) is 5.05. The van der Waals surface area contributed by atoms with Crippen LogP contribution in [0.1, 0.15) is 47.4 Å². The van der Waals surface area contributed by atoms with Crippen LogP contribution >= 0.6 is 0 Å². The third kappa shape index (κ3) is 2.90. The van der Waals surface area contributed by atoms with Gasteiger partial charge in [-0.15, -0.1) is 0 Å². The molecule has 0 heterocycles. The van der Waals surface area contributed by atoms with Crippen molar-refractivity contribution in [1.29, 1.82) is 0 Å². The van der Waals surface area contributed by atoms with Gasteiger partial charge >= 0.3 is 0 Å². The summed E-state index contributed by atoms with van der Waals surface area (Å²) in [7, 11) is 0. The fourth-order valence-corrected chi connectivity index (χ4v) is 2.25. The maximum atomic E-state index is 12.1. The van der Waals surface area contributed by atoms with Gasteiger partial charge in [0.15, 0.2) is 11.6 Å². The van der Waals surface area contributed by atoms with Crippen molar-refractivity contribution in [2.75, 3.05) is 0 Å². The Morgan fingerprint density at radius 1 is 1.05 bits per heavy atom. The van der Waals surface area contributed by atoms with E-state index in [4.69, 9.17) is 0 Å². The molecule has 0 atom stereocenters. The Kier molecular flexibility index (Phi) is 4.10. The molecule has 2 nitrogen and oxygen atoms in total. The first kappa shape index (κ1) is 13.5. The van der Waals surface area contributed by atoms with Gasteiger partial charge in [0.2, 0.25) is 0 Å². The third-order valence-electron chi connectivity index (χ3n) is 3.29. The molecule has 0 saturated heterocycles. The molecule has 2 heteroatoms. The molecule has 0 unspecified atom stereocenters. The zero-order valence-electron chi connectivity index (χ0n) is 11.3. The number of benzene rings is 1. The minimum absolute atomic E-state index is 0.0348. The van der Waals surface area contributed by atoms with Crippen LogP contribution in [0.15, 0.2) is 48.1 Å². The van der Waals surface area contributed by atoms with Gasteiger partial charge in [0.05, 0.1) is 5.92 Å². The maximum absolute atomic E-state index is 12.1. The highest BCUT2D eigenvalue weighted by molar-refractivity contribution is 6.26. The largest absolute Gasteiger partial charge is 0.293 e. The van der Waals surface area contributed by atoms with Gasteiger partial charge in [0.25, 0.3) is 0 Å². The van der Waals surface area contributed by atoms with Crippen LogP contribution in [0.3, 0.4) is 0 Å². The average molecular weight is 254 g/mol. The summed E-state index contributed by atoms with van der Waals surface area (Å²) in [6.07, 6.45) is 7.42. The van der Waals surface area contributed by atoms with Crippen LogP contribution in [-0.4, -0.2) is 11.6 Å². The van der Waals surface area contributed by atoms with Crippen LogP contribution in [0, 0.1) is 5.92 Å². The molecule has 1 aromatic carbocycles. The van der Waals surface area contributed by atoms with E-state index in [1.54, 1.807) is 24.3 Å². The van der Waals surface area contributed by atoms with Gasteiger partial charge < -0.3 is 0 Å². The molecular weight excluding hydrogens is 236 g/mol. The lowest BCUT2D eigenvalue weighted by Crippen LogP contribution is -2.13. The van der Waals surface area contributed by atoms with Crippen molar-refractivity contribution in [1.82, 2.24) is 0 Å². The number of carbonyl (C=O) groups excluding carboxylic acids is 2. The maximum Gasteiger partial charge on any atom is 0.174 e. The zero-order valence-corrected chi connectivity index (χ0v) is 11.3. The zero-order chi connectivity index (χ0) is 13.8. The van der Waals surface area contributed by atoms with Gasteiger partial charge in [-0.1, -0.05) is 48.1 Å². The minimum Gasteiger partial charge on any atom is -0.293 e. The van der Waals surface area contributed by atoms with E-state index in [0.717, 1.165) is 6.42 Å². The highest BCUT2D eigenvalue weighted by Gasteiger charge is 2.36. The first-order valence-corrected chi connectivity index (χ1v) is 6.57. The molecule has 1 aliphatic carbocycles. The van der Waals surface area contributed by atoms with Gasteiger partial charge in [-0.2, -0.15) is 0 Å². The predicted octanol–water partition coefficient (Wildman–Crippen LogP) is 3.98. The lowest BCUT2D eigenvalue weighted by Gasteiger charge is -2.01. The number of allylic oxidation sites excluding steroid dienone is 4. The van der Waals surface area contributed by atoms with E-state index < -0.39 is 5.92 Å². The summed E-state index contributed by atoms with van der Waals surface area (Å²) < 4.78 is 0. The fourth-order valence-electron chi connectivity index (χ4n) is 2.25. The summed E-state index contributed by atoms with van der Waals surface area (Å²) in [5, 5.41) is 0. The Balaban J connectivity index is 2.03. The van der Waals surface area contributed by atoms with Crippen molar-refractivity contribution in [3.8, 4) is 0 Å². The number of Topliss-reactive ketones (excluding diaryl/α,β-unsaturated/α-hetero) is 2. The molecule has 1 aliphatic rings. The smallest absolute Gasteiger partial charge is 0.174 e. The first-order valence-electron chi connectivity index (χ1n) is 6.57. The van der Waals surface area contributed by atoms with Crippen molar-refractivity contribution >= 4 is 11.6 Å². The third-order valence-corrected chi connectivity index (χ3v) is 3.29. The van der Waals surface area contributed by atoms with Gasteiger partial charge in [-0.25, -0.2) is 0 Å². The second kappa shape index (κ2) is 5.79. The Hall–Kier alpha value is -1.96. The lowest BCUT2D eigenvalue weighted by atomic mass is 9.99. The lowest BCUT2D eigenvalue weighted by molar-refractivity contribution is 0.0840. The molecule has 0 saturated carbocycles. The summed E-state index contributed by atoms with van der Waals surface area (Å²) >= 11 is 0. The van der Waals surface area contributed by atoms with Crippen LogP contribution in [0.5, 0.6) is 0 Å². The number of hydrogen-bond acceptors (Lipinski definition) is 2. The van der Waals surface area contributed by atoms with Crippen LogP contribution in [-0.2, 0) is 0 Å². The van der Waals surface area contributed by atoms with E-state index in [1.165, 1.54) is 5.57 Å². The van der Waals surface area contributed by atoms with E-state index in [0.29, 0.717) is 17.5 Å². The molecule has 0 fully saturated rings. The molecule has 19 heavy (non-hydrogen) atoms. The fraction of sp³-hybridized carbons (Fsp3) is 0.294. The van der Waals surface area contributed by atoms with Gasteiger partial charge in [-0.3, -0.25) is 9.59 Å². The molecular formula is C17H18O2. The Labute approximate surface area is 113 Å². The number of rotatable bonds is 4. The van der Waals surface area contributed by atoms with Gasteiger partial charge in [0.1, 0.15) is 0 Å². The van der Waals surface area contributed by atoms with Gasteiger partial charge in [-0.05, 0) is 26.7 Å². The quantitative estimate of drug-likeness (QED) is 0.601. The molecule has 0 aromatic heterocycles. The van der Waals surface area contributed by atoms with Crippen molar-refractivity contribution in [2.45, 2.75) is 26.7 Å². The summed E-state index contributed by atoms with van der Waals surface area (Å²) in [5.41, 5.74) is 2.43. The minimum atomic E-state index is -0.514. The second-order valence-electron chi connectivity index (χ2n) is 5.05. The van der Waals surface area contributed by atoms with Crippen LogP contribution < -0.4 is 0 Å². The molecule has 0 N–H and O–H groups in total. The van der Waals surface area contributed by atoms with E-state index >= 15 is 0 Å². The Bertz CT molecular complexity index is 525. The summed E-state index contributed by atoms with van der Waals surface area (Å²) in [6, 6.07) is 7.08. The highest BCUT2D eigenvalue weighted by Crippen LogP contribution is 2.28. The van der Waals surface area contributed by atoms with Crippen molar-refractivity contribution < 1.29 is 9.59 Å². The van der Waals surface area contributed by atoms with Crippen LogP contribution in [0.25, 0.3) is 0 Å². The van der Waals surface area contributed by atoms with Crippen molar-refractivity contribution in [3.63, 3.8) is 0 Å². The van der Waals surface area contributed by atoms with Gasteiger partial charge in [0, 0.05) is 11.1 Å². The first-order chi connectivity index (χ1) is 9.11.